The summed E-state index contributed by atoms with van der Waals surface area (Å²) < 4.78 is 7.98. The molecule has 0 atom stereocenters. The van der Waals surface area contributed by atoms with Gasteiger partial charge < -0.3 is 10.1 Å². The predicted molar refractivity (Wildman–Crippen MR) is 119 cm³/mol. The number of aryl methyl sites for hydroxylation is 1. The van der Waals surface area contributed by atoms with Crippen LogP contribution in [0.15, 0.2) is 42.6 Å². The Kier molecular flexibility index (Phi) is 5.19. The maximum atomic E-state index is 12.5. The Balaban J connectivity index is 1.56. The lowest BCUT2D eigenvalue weighted by Crippen LogP contribution is -2.26. The third-order valence-corrected chi connectivity index (χ3v) is 6.52. The van der Waals surface area contributed by atoms with Crippen molar-refractivity contribution in [2.24, 2.45) is 5.92 Å². The van der Waals surface area contributed by atoms with Gasteiger partial charge in [0.15, 0.2) is 0 Å². The number of pyridine rings is 1. The molecule has 30 heavy (non-hydrogen) atoms. The van der Waals surface area contributed by atoms with Crippen LogP contribution in [0.2, 0.25) is 0 Å². The van der Waals surface area contributed by atoms with Crippen LogP contribution in [0.1, 0.15) is 56.9 Å². The van der Waals surface area contributed by atoms with Gasteiger partial charge in [-0.1, -0.05) is 37.8 Å². The second kappa shape index (κ2) is 8.13. The average Bonchev–Trinajstić information content (AvgIpc) is 3.05. The summed E-state index contributed by atoms with van der Waals surface area (Å²) in [7, 11) is 0. The van der Waals surface area contributed by atoms with Crippen molar-refractivity contribution >= 4 is 17.4 Å². The fourth-order valence-electron chi connectivity index (χ4n) is 4.50. The van der Waals surface area contributed by atoms with Crippen LogP contribution in [0.3, 0.4) is 0 Å². The number of nitrogens with zero attached hydrogens (tertiary/aromatic N) is 2. The van der Waals surface area contributed by atoms with Crippen LogP contribution in [-0.2, 0) is 4.79 Å². The molecule has 156 valence electrons. The third kappa shape index (κ3) is 3.69. The van der Waals surface area contributed by atoms with Crippen LogP contribution < -0.4 is 10.1 Å². The number of carbonyl (C=O) groups is 1. The van der Waals surface area contributed by atoms with Crippen molar-refractivity contribution in [3.05, 3.63) is 48.2 Å². The molecule has 1 aromatic carbocycles. The highest BCUT2D eigenvalue weighted by Crippen LogP contribution is 2.38. The molecule has 2 aromatic heterocycles. The molecule has 5 nitrogen and oxygen atoms in total. The third-order valence-electron chi connectivity index (χ3n) is 6.52. The number of aromatic nitrogens is 2. The summed E-state index contributed by atoms with van der Waals surface area (Å²) in [4.78, 5) is 17.5. The van der Waals surface area contributed by atoms with E-state index in [1.165, 1.54) is 37.7 Å². The monoisotopic (exact) mass is 403 g/mol. The number of anilines is 1. The Bertz CT molecular complexity index is 1060. The number of esters is 1. The van der Waals surface area contributed by atoms with Crippen molar-refractivity contribution in [1.29, 1.82) is 0 Å². The Morgan fingerprint density at radius 1 is 1.07 bits per heavy atom. The molecule has 0 radical (unpaired) electrons. The smallest absolute Gasteiger partial charge is 0.314 e. The summed E-state index contributed by atoms with van der Waals surface area (Å²) in [6.45, 7) is 2.08. The average molecular weight is 404 g/mol. The molecule has 0 spiro atoms. The summed E-state index contributed by atoms with van der Waals surface area (Å²) >= 11 is 0. The lowest BCUT2D eigenvalue weighted by atomic mass is 9.86. The minimum Gasteiger partial charge on any atom is -0.426 e. The molecule has 2 heterocycles. The highest BCUT2D eigenvalue weighted by molar-refractivity contribution is 5.84. The molecule has 2 aliphatic rings. The van der Waals surface area contributed by atoms with Gasteiger partial charge in [0.25, 0.3) is 0 Å². The van der Waals surface area contributed by atoms with E-state index >= 15 is 0 Å². The van der Waals surface area contributed by atoms with Crippen LogP contribution >= 0.6 is 0 Å². The minimum absolute atomic E-state index is 0.0432. The van der Waals surface area contributed by atoms with E-state index in [0.29, 0.717) is 11.8 Å². The maximum absolute atomic E-state index is 12.5. The number of imidazole rings is 1. The Labute approximate surface area is 177 Å². The summed E-state index contributed by atoms with van der Waals surface area (Å²) in [5, 5.41) is 3.78. The largest absolute Gasteiger partial charge is 0.426 e. The zero-order valence-corrected chi connectivity index (χ0v) is 17.6. The molecule has 1 N–H and O–H groups in total. The van der Waals surface area contributed by atoms with Crippen molar-refractivity contribution in [2.75, 3.05) is 5.32 Å². The zero-order valence-electron chi connectivity index (χ0n) is 17.6. The summed E-state index contributed by atoms with van der Waals surface area (Å²) in [6.07, 6.45) is 11.3. The van der Waals surface area contributed by atoms with Gasteiger partial charge in [0, 0.05) is 17.8 Å². The van der Waals surface area contributed by atoms with E-state index in [2.05, 4.69) is 35.0 Å². The number of fused-ring (bicyclic) bond motifs is 1. The fraction of sp³-hybridized carbons (Fsp3) is 0.440. The maximum Gasteiger partial charge on any atom is 0.314 e. The van der Waals surface area contributed by atoms with E-state index in [0.717, 1.165) is 42.0 Å². The highest BCUT2D eigenvalue weighted by atomic mass is 16.5. The van der Waals surface area contributed by atoms with Crippen LogP contribution in [0.25, 0.3) is 16.9 Å². The van der Waals surface area contributed by atoms with Crippen molar-refractivity contribution < 1.29 is 9.53 Å². The molecule has 2 aliphatic carbocycles. The van der Waals surface area contributed by atoms with Crippen LogP contribution in [-0.4, -0.2) is 21.4 Å². The fourth-order valence-corrected chi connectivity index (χ4v) is 4.50. The Morgan fingerprint density at radius 3 is 2.63 bits per heavy atom. The second-order valence-electron chi connectivity index (χ2n) is 8.77. The van der Waals surface area contributed by atoms with Gasteiger partial charge in [-0.2, -0.15) is 0 Å². The highest BCUT2D eigenvalue weighted by Gasteiger charge is 2.28. The van der Waals surface area contributed by atoms with E-state index in [-0.39, 0.29) is 11.9 Å². The SMILES string of the molecule is Cc1ccn2c(NC3CCCCC3)c(-c3ccccc3OC(=O)C3CCC3)nc2c1. The van der Waals surface area contributed by atoms with Gasteiger partial charge in [-0.05, 0) is 62.4 Å². The normalized spacial score (nSPS) is 17.6. The van der Waals surface area contributed by atoms with Crippen molar-refractivity contribution in [1.82, 2.24) is 9.38 Å². The van der Waals surface area contributed by atoms with Gasteiger partial charge in [-0.15, -0.1) is 0 Å². The molecular formula is C25H29N3O2. The summed E-state index contributed by atoms with van der Waals surface area (Å²) in [5.74, 6) is 1.52. The zero-order chi connectivity index (χ0) is 20.5. The van der Waals surface area contributed by atoms with Gasteiger partial charge in [0.05, 0.1) is 5.92 Å². The number of benzene rings is 1. The number of rotatable bonds is 5. The lowest BCUT2D eigenvalue weighted by Gasteiger charge is -2.25. The molecule has 5 heteroatoms. The number of hydrogen-bond acceptors (Lipinski definition) is 4. The molecule has 0 unspecified atom stereocenters. The molecule has 2 fully saturated rings. The van der Waals surface area contributed by atoms with E-state index in [1.807, 2.05) is 24.3 Å². The first-order valence-electron chi connectivity index (χ1n) is 11.3. The summed E-state index contributed by atoms with van der Waals surface area (Å²) in [5.41, 5.74) is 3.80. The second-order valence-corrected chi connectivity index (χ2v) is 8.77. The van der Waals surface area contributed by atoms with E-state index in [9.17, 15) is 4.79 Å². The topological polar surface area (TPSA) is 55.6 Å². The van der Waals surface area contributed by atoms with Crippen molar-refractivity contribution in [2.45, 2.75) is 64.3 Å². The van der Waals surface area contributed by atoms with Gasteiger partial charge in [0.1, 0.15) is 22.9 Å². The van der Waals surface area contributed by atoms with Crippen molar-refractivity contribution in [3.8, 4) is 17.0 Å². The van der Waals surface area contributed by atoms with Crippen LogP contribution in [0, 0.1) is 12.8 Å². The first-order chi connectivity index (χ1) is 14.7. The van der Waals surface area contributed by atoms with Crippen LogP contribution in [0.4, 0.5) is 5.82 Å². The lowest BCUT2D eigenvalue weighted by molar-refractivity contribution is -0.141. The molecule has 0 saturated heterocycles. The number of ether oxygens (including phenoxy) is 1. The van der Waals surface area contributed by atoms with Gasteiger partial charge in [-0.3, -0.25) is 9.20 Å². The number of carbonyl (C=O) groups excluding carboxylic acids is 1. The molecule has 0 aliphatic heterocycles. The van der Waals surface area contributed by atoms with Crippen LogP contribution in [0.5, 0.6) is 5.75 Å². The van der Waals surface area contributed by atoms with E-state index < -0.39 is 0 Å². The van der Waals surface area contributed by atoms with Gasteiger partial charge in [0.2, 0.25) is 0 Å². The van der Waals surface area contributed by atoms with Gasteiger partial charge in [-0.25, -0.2) is 4.98 Å². The Morgan fingerprint density at radius 2 is 1.87 bits per heavy atom. The first kappa shape index (κ1) is 19.2. The summed E-state index contributed by atoms with van der Waals surface area (Å²) in [6, 6.07) is 12.4. The molecule has 5 rings (SSSR count). The molecule has 0 bridgehead atoms. The quantitative estimate of drug-likeness (QED) is 0.435. The number of hydrogen-bond donors (Lipinski definition) is 1. The van der Waals surface area contributed by atoms with E-state index in [1.54, 1.807) is 0 Å². The van der Waals surface area contributed by atoms with E-state index in [4.69, 9.17) is 9.72 Å². The predicted octanol–water partition coefficient (Wildman–Crippen LogP) is 5.76. The van der Waals surface area contributed by atoms with Crippen molar-refractivity contribution in [3.63, 3.8) is 0 Å². The number of para-hydroxylation sites is 1. The molecule has 0 amide bonds. The number of nitrogens with one attached hydrogen (secondary N) is 1. The Hall–Kier alpha value is -2.82. The molecule has 2 saturated carbocycles. The minimum atomic E-state index is -0.116. The standard InChI is InChI=1S/C25H29N3O2/c1-17-14-15-28-22(16-17)27-23(24(28)26-19-10-3-2-4-11-19)20-12-5-6-13-21(20)30-25(29)18-8-7-9-18/h5-6,12-16,18-19,26H,2-4,7-11H2,1H3. The molecule has 3 aromatic rings. The molecular weight excluding hydrogens is 374 g/mol. The first-order valence-corrected chi connectivity index (χ1v) is 11.3. The van der Waals surface area contributed by atoms with Gasteiger partial charge >= 0.3 is 5.97 Å².